The van der Waals surface area contributed by atoms with Crippen molar-refractivity contribution < 1.29 is 4.79 Å². The zero-order valence-corrected chi connectivity index (χ0v) is 9.49. The smallest absolute Gasteiger partial charge is 0.255 e. The van der Waals surface area contributed by atoms with Gasteiger partial charge in [-0.1, -0.05) is 12.8 Å². The second-order valence-corrected chi connectivity index (χ2v) is 4.13. The number of hydrogen-bond acceptors (Lipinski definition) is 3. The maximum atomic E-state index is 12.0. The minimum absolute atomic E-state index is 0.0237. The van der Waals surface area contributed by atoms with Gasteiger partial charge in [0.1, 0.15) is 0 Å². The van der Waals surface area contributed by atoms with Crippen molar-refractivity contribution in [2.24, 2.45) is 0 Å². The van der Waals surface area contributed by atoms with Gasteiger partial charge in [-0.2, -0.15) is 0 Å². The minimum Gasteiger partial charge on any atom is -0.387 e. The molecule has 0 spiro atoms. The topological polar surface area (TPSA) is 54.0 Å². The van der Waals surface area contributed by atoms with Crippen LogP contribution in [-0.4, -0.2) is 24.0 Å². The van der Waals surface area contributed by atoms with Gasteiger partial charge in [-0.15, -0.1) is 0 Å². The predicted octanol–water partition coefficient (Wildman–Crippen LogP) is 1.80. The van der Waals surface area contributed by atoms with Crippen LogP contribution in [0.2, 0.25) is 0 Å². The van der Waals surface area contributed by atoms with Crippen molar-refractivity contribution in [3.8, 4) is 0 Å². The standard InChI is InChI=1S/C12H17N3O/c1-13-11-6-7-14-8-10(11)12(16)15-9-4-2-3-5-9/h6-9H,2-5H2,1H3,(H,13,14)(H,15,16). The van der Waals surface area contributed by atoms with E-state index in [9.17, 15) is 4.79 Å². The first kappa shape index (κ1) is 10.9. The van der Waals surface area contributed by atoms with Crippen LogP contribution in [0.4, 0.5) is 5.69 Å². The Hall–Kier alpha value is -1.58. The van der Waals surface area contributed by atoms with E-state index >= 15 is 0 Å². The van der Waals surface area contributed by atoms with Crippen LogP contribution in [0.25, 0.3) is 0 Å². The first-order valence-electron chi connectivity index (χ1n) is 5.74. The van der Waals surface area contributed by atoms with Gasteiger partial charge in [0.05, 0.1) is 5.56 Å². The van der Waals surface area contributed by atoms with Gasteiger partial charge in [0.25, 0.3) is 5.91 Å². The molecule has 1 aliphatic carbocycles. The molecule has 1 amide bonds. The van der Waals surface area contributed by atoms with Gasteiger partial charge in [0, 0.05) is 31.2 Å². The lowest BCUT2D eigenvalue weighted by atomic mass is 10.2. The molecule has 4 nitrogen and oxygen atoms in total. The number of nitrogens with one attached hydrogen (secondary N) is 2. The third kappa shape index (κ3) is 2.32. The predicted molar refractivity (Wildman–Crippen MR) is 63.5 cm³/mol. The summed E-state index contributed by atoms with van der Waals surface area (Å²) in [7, 11) is 1.81. The molecule has 1 aromatic rings. The Morgan fingerprint density at radius 1 is 1.44 bits per heavy atom. The number of carbonyl (C=O) groups excluding carboxylic acids is 1. The molecule has 4 heteroatoms. The van der Waals surface area contributed by atoms with E-state index in [-0.39, 0.29) is 5.91 Å². The van der Waals surface area contributed by atoms with Crippen LogP contribution in [0.3, 0.4) is 0 Å². The average molecular weight is 219 g/mol. The Balaban J connectivity index is 2.07. The third-order valence-electron chi connectivity index (χ3n) is 3.03. The summed E-state index contributed by atoms with van der Waals surface area (Å²) in [5.41, 5.74) is 1.45. The van der Waals surface area contributed by atoms with E-state index in [1.807, 2.05) is 13.1 Å². The number of carbonyl (C=O) groups is 1. The Morgan fingerprint density at radius 3 is 2.88 bits per heavy atom. The molecule has 2 N–H and O–H groups in total. The van der Waals surface area contributed by atoms with E-state index in [2.05, 4.69) is 15.6 Å². The molecule has 0 radical (unpaired) electrons. The molecule has 16 heavy (non-hydrogen) atoms. The van der Waals surface area contributed by atoms with Gasteiger partial charge < -0.3 is 10.6 Å². The highest BCUT2D eigenvalue weighted by Gasteiger charge is 2.19. The molecule has 1 fully saturated rings. The summed E-state index contributed by atoms with van der Waals surface area (Å²) >= 11 is 0. The highest BCUT2D eigenvalue weighted by atomic mass is 16.1. The molecule has 0 aliphatic heterocycles. The molecule has 0 bridgehead atoms. The van der Waals surface area contributed by atoms with E-state index in [0.29, 0.717) is 11.6 Å². The largest absolute Gasteiger partial charge is 0.387 e. The number of aromatic nitrogens is 1. The van der Waals surface area contributed by atoms with Crippen molar-refractivity contribution in [2.75, 3.05) is 12.4 Å². The molecule has 0 unspecified atom stereocenters. The Morgan fingerprint density at radius 2 is 2.19 bits per heavy atom. The molecule has 1 aliphatic rings. The summed E-state index contributed by atoms with van der Waals surface area (Å²) in [5.74, 6) is -0.0237. The molecule has 0 aromatic carbocycles. The number of nitrogens with zero attached hydrogens (tertiary/aromatic N) is 1. The molecule has 1 saturated carbocycles. The molecular formula is C12H17N3O. The zero-order valence-electron chi connectivity index (χ0n) is 9.49. The molecular weight excluding hydrogens is 202 g/mol. The Kier molecular flexibility index (Phi) is 3.39. The summed E-state index contributed by atoms with van der Waals surface area (Å²) in [6, 6.07) is 2.15. The number of rotatable bonds is 3. The number of amides is 1. The van der Waals surface area contributed by atoms with Gasteiger partial charge in [0.15, 0.2) is 0 Å². The van der Waals surface area contributed by atoms with Gasteiger partial charge >= 0.3 is 0 Å². The van der Waals surface area contributed by atoms with Crippen molar-refractivity contribution in [2.45, 2.75) is 31.7 Å². The normalized spacial score (nSPS) is 16.1. The minimum atomic E-state index is -0.0237. The summed E-state index contributed by atoms with van der Waals surface area (Å²) < 4.78 is 0. The van der Waals surface area contributed by atoms with Crippen molar-refractivity contribution in [3.63, 3.8) is 0 Å². The van der Waals surface area contributed by atoms with Gasteiger partial charge in [0.2, 0.25) is 0 Å². The van der Waals surface area contributed by atoms with Crippen molar-refractivity contribution in [1.29, 1.82) is 0 Å². The maximum Gasteiger partial charge on any atom is 0.255 e. The van der Waals surface area contributed by atoms with Crippen molar-refractivity contribution in [3.05, 3.63) is 24.0 Å². The second-order valence-electron chi connectivity index (χ2n) is 4.13. The highest BCUT2D eigenvalue weighted by Crippen LogP contribution is 2.19. The third-order valence-corrected chi connectivity index (χ3v) is 3.03. The Bertz CT molecular complexity index is 372. The van der Waals surface area contributed by atoms with E-state index in [1.165, 1.54) is 12.8 Å². The van der Waals surface area contributed by atoms with E-state index < -0.39 is 0 Å². The van der Waals surface area contributed by atoms with Crippen LogP contribution in [0.15, 0.2) is 18.5 Å². The lowest BCUT2D eigenvalue weighted by molar-refractivity contribution is 0.0938. The van der Waals surface area contributed by atoms with E-state index in [1.54, 1.807) is 12.4 Å². The molecule has 0 atom stereocenters. The lowest BCUT2D eigenvalue weighted by Gasteiger charge is -2.13. The second kappa shape index (κ2) is 4.96. The zero-order chi connectivity index (χ0) is 11.4. The molecule has 1 aromatic heterocycles. The van der Waals surface area contributed by atoms with Crippen molar-refractivity contribution in [1.82, 2.24) is 10.3 Å². The molecule has 1 heterocycles. The maximum absolute atomic E-state index is 12.0. The van der Waals surface area contributed by atoms with E-state index in [4.69, 9.17) is 0 Å². The number of pyridine rings is 1. The van der Waals surface area contributed by atoms with Crippen molar-refractivity contribution >= 4 is 11.6 Å². The first-order chi connectivity index (χ1) is 7.81. The van der Waals surface area contributed by atoms with Crippen LogP contribution in [0.1, 0.15) is 36.0 Å². The molecule has 2 rings (SSSR count). The van der Waals surface area contributed by atoms with E-state index in [0.717, 1.165) is 18.5 Å². The number of hydrogen-bond donors (Lipinski definition) is 2. The summed E-state index contributed by atoms with van der Waals surface area (Å²) in [6.07, 6.45) is 7.92. The van der Waals surface area contributed by atoms with Gasteiger partial charge in [-0.05, 0) is 18.9 Å². The van der Waals surface area contributed by atoms with Crippen LogP contribution < -0.4 is 10.6 Å². The van der Waals surface area contributed by atoms with Gasteiger partial charge in [-0.3, -0.25) is 9.78 Å². The quantitative estimate of drug-likeness (QED) is 0.815. The number of anilines is 1. The SMILES string of the molecule is CNc1ccncc1C(=O)NC1CCCC1. The molecule has 0 saturated heterocycles. The summed E-state index contributed by atoms with van der Waals surface area (Å²) in [5, 5.41) is 6.05. The van der Waals surface area contributed by atoms with Crippen LogP contribution in [-0.2, 0) is 0 Å². The monoisotopic (exact) mass is 219 g/mol. The van der Waals surface area contributed by atoms with Crippen LogP contribution >= 0.6 is 0 Å². The molecule has 86 valence electrons. The van der Waals surface area contributed by atoms with Crippen LogP contribution in [0, 0.1) is 0 Å². The Labute approximate surface area is 95.5 Å². The summed E-state index contributed by atoms with van der Waals surface area (Å²) in [6.45, 7) is 0. The average Bonchev–Trinajstić information content (AvgIpc) is 2.81. The first-order valence-corrected chi connectivity index (χ1v) is 5.74. The fourth-order valence-electron chi connectivity index (χ4n) is 2.13. The lowest BCUT2D eigenvalue weighted by Crippen LogP contribution is -2.33. The fraction of sp³-hybridized carbons (Fsp3) is 0.500. The summed E-state index contributed by atoms with van der Waals surface area (Å²) in [4.78, 5) is 16.0. The fourth-order valence-corrected chi connectivity index (χ4v) is 2.13. The van der Waals surface area contributed by atoms with Crippen LogP contribution in [0.5, 0.6) is 0 Å². The van der Waals surface area contributed by atoms with Gasteiger partial charge in [-0.25, -0.2) is 0 Å². The highest BCUT2D eigenvalue weighted by molar-refractivity contribution is 5.99.